The van der Waals surface area contributed by atoms with E-state index in [4.69, 9.17) is 9.97 Å². The first-order chi connectivity index (χ1) is 24.8. The van der Waals surface area contributed by atoms with Crippen LogP contribution in [0.1, 0.15) is 0 Å². The molecule has 0 atom stereocenters. The fourth-order valence-electron chi connectivity index (χ4n) is 8.30. The van der Waals surface area contributed by atoms with Crippen molar-refractivity contribution >= 4 is 64.9 Å². The van der Waals surface area contributed by atoms with E-state index >= 15 is 0 Å². The van der Waals surface area contributed by atoms with Crippen LogP contribution in [-0.4, -0.2) is 9.97 Å². The Bertz CT molecular complexity index is 2950. The number of nitrogens with zero attached hydrogens (tertiary/aromatic N) is 2. The van der Waals surface area contributed by atoms with Crippen LogP contribution >= 0.6 is 0 Å². The number of benzene rings is 10. The van der Waals surface area contributed by atoms with Gasteiger partial charge in [0.2, 0.25) is 0 Å². The van der Waals surface area contributed by atoms with Crippen LogP contribution in [0.2, 0.25) is 0 Å². The summed E-state index contributed by atoms with van der Waals surface area (Å²) >= 11 is 0. The second-order valence-electron chi connectivity index (χ2n) is 13.3. The number of rotatable bonds is 4. The molecule has 0 bridgehead atoms. The van der Waals surface area contributed by atoms with Crippen LogP contribution in [0.4, 0.5) is 0 Å². The first-order valence-corrected chi connectivity index (χ1v) is 17.2. The third-order valence-corrected chi connectivity index (χ3v) is 10.6. The van der Waals surface area contributed by atoms with Crippen molar-refractivity contribution in [1.82, 2.24) is 9.97 Å². The summed E-state index contributed by atoms with van der Waals surface area (Å²) < 4.78 is 0. The van der Waals surface area contributed by atoms with Crippen LogP contribution in [0, 0.1) is 0 Å². The maximum Gasteiger partial charge on any atom is 0.160 e. The van der Waals surface area contributed by atoms with Gasteiger partial charge in [0.1, 0.15) is 0 Å². The minimum atomic E-state index is 0.738. The average molecular weight is 633 g/mol. The Morgan fingerprint density at radius 1 is 0.280 bits per heavy atom. The van der Waals surface area contributed by atoms with Gasteiger partial charge in [-0.2, -0.15) is 0 Å². The van der Waals surface area contributed by atoms with E-state index in [9.17, 15) is 0 Å². The predicted octanol–water partition coefficient (Wildman–Crippen LogP) is 12.9. The van der Waals surface area contributed by atoms with E-state index in [2.05, 4.69) is 170 Å². The zero-order chi connectivity index (χ0) is 32.8. The monoisotopic (exact) mass is 632 g/mol. The van der Waals surface area contributed by atoms with Gasteiger partial charge in [-0.1, -0.05) is 146 Å². The molecule has 10 aromatic carbocycles. The Kier molecular flexibility index (Phi) is 5.70. The fraction of sp³-hybridized carbons (Fsp3) is 0. The Hall–Kier alpha value is -6.64. The van der Waals surface area contributed by atoms with Gasteiger partial charge in [0.25, 0.3) is 0 Å². The molecule has 50 heavy (non-hydrogen) atoms. The highest BCUT2D eigenvalue weighted by Gasteiger charge is 2.19. The topological polar surface area (TPSA) is 25.8 Å². The van der Waals surface area contributed by atoms with E-state index in [1.165, 1.54) is 76.3 Å². The van der Waals surface area contributed by atoms with Crippen molar-refractivity contribution in [2.75, 3.05) is 0 Å². The molecule has 0 radical (unpaired) electrons. The van der Waals surface area contributed by atoms with Gasteiger partial charge in [-0.15, -0.1) is 0 Å². The third-order valence-electron chi connectivity index (χ3n) is 10.6. The van der Waals surface area contributed by atoms with E-state index in [0.717, 1.165) is 33.4 Å². The lowest BCUT2D eigenvalue weighted by Gasteiger charge is -2.18. The zero-order valence-electron chi connectivity index (χ0n) is 27.1. The first-order valence-electron chi connectivity index (χ1n) is 17.2. The van der Waals surface area contributed by atoms with Gasteiger partial charge in [-0.05, 0) is 101 Å². The van der Waals surface area contributed by atoms with E-state index in [1.54, 1.807) is 0 Å². The molecule has 2 nitrogen and oxygen atoms in total. The van der Waals surface area contributed by atoms with Crippen LogP contribution in [0.15, 0.2) is 170 Å². The third kappa shape index (κ3) is 3.96. The number of aromatic nitrogens is 2. The maximum absolute atomic E-state index is 5.25. The van der Waals surface area contributed by atoms with Crippen molar-refractivity contribution in [3.63, 3.8) is 0 Å². The lowest BCUT2D eigenvalue weighted by Crippen LogP contribution is -1.96. The highest BCUT2D eigenvalue weighted by Crippen LogP contribution is 2.44. The highest BCUT2D eigenvalue weighted by atomic mass is 14.9. The molecule has 11 rings (SSSR count). The van der Waals surface area contributed by atoms with E-state index < -0.39 is 0 Å². The molecular formula is C48H28N2. The lowest BCUT2D eigenvalue weighted by molar-refractivity contribution is 1.26. The van der Waals surface area contributed by atoms with E-state index in [1.807, 2.05) is 0 Å². The van der Waals surface area contributed by atoms with Crippen molar-refractivity contribution < 1.29 is 0 Å². The molecule has 1 heterocycles. The van der Waals surface area contributed by atoms with Gasteiger partial charge in [0.15, 0.2) is 5.82 Å². The molecule has 0 aliphatic carbocycles. The molecule has 0 fully saturated rings. The van der Waals surface area contributed by atoms with E-state index in [0.29, 0.717) is 0 Å². The molecule has 0 aliphatic rings. The van der Waals surface area contributed by atoms with Crippen LogP contribution in [-0.2, 0) is 0 Å². The molecule has 0 saturated heterocycles. The molecular weight excluding hydrogens is 605 g/mol. The lowest BCUT2D eigenvalue weighted by atomic mass is 9.87. The summed E-state index contributed by atoms with van der Waals surface area (Å²) in [5, 5.41) is 12.5. The minimum absolute atomic E-state index is 0.738. The molecule has 1 aromatic heterocycles. The summed E-state index contributed by atoms with van der Waals surface area (Å²) in [7, 11) is 0. The molecule has 11 aromatic rings. The molecule has 0 unspecified atom stereocenters. The van der Waals surface area contributed by atoms with Crippen LogP contribution in [0.5, 0.6) is 0 Å². The van der Waals surface area contributed by atoms with Crippen molar-refractivity contribution in [3.05, 3.63) is 170 Å². The minimum Gasteiger partial charge on any atom is -0.228 e. The number of hydrogen-bond donors (Lipinski definition) is 0. The van der Waals surface area contributed by atoms with Gasteiger partial charge in [0.05, 0.1) is 11.0 Å². The molecule has 0 aliphatic heterocycles. The predicted molar refractivity (Wildman–Crippen MR) is 211 cm³/mol. The van der Waals surface area contributed by atoms with Crippen LogP contribution in [0.3, 0.4) is 0 Å². The smallest absolute Gasteiger partial charge is 0.160 e. The first kappa shape index (κ1) is 27.3. The summed E-state index contributed by atoms with van der Waals surface area (Å²) in [4.78, 5) is 10.5. The van der Waals surface area contributed by atoms with Gasteiger partial charge in [-0.25, -0.2) is 9.97 Å². The molecule has 0 amide bonds. The molecule has 0 N–H and O–H groups in total. The second kappa shape index (κ2) is 10.4. The van der Waals surface area contributed by atoms with Crippen molar-refractivity contribution in [2.45, 2.75) is 0 Å². The summed E-state index contributed by atoms with van der Waals surface area (Å²) in [6.07, 6.45) is 0. The molecule has 2 heteroatoms. The Balaban J connectivity index is 1.12. The standard InChI is InChI=1S/C48H28N2/c1-3-9-29(10-4-1)40-28-41(30-11-5-2-6-12-30)39-24-26-43-47-42(25-23-38(40)46(39)47)49-48(50-43)35-16-8-15-34(27-35)36-21-19-33-18-17-31-13-7-14-32-20-22-37(36)45(33)44(31)32/h1-28H. The maximum atomic E-state index is 5.25. The molecule has 0 spiro atoms. The van der Waals surface area contributed by atoms with Crippen molar-refractivity contribution in [3.8, 4) is 44.8 Å². The van der Waals surface area contributed by atoms with Crippen LogP contribution in [0.25, 0.3) is 110 Å². The highest BCUT2D eigenvalue weighted by molar-refractivity contribution is 6.28. The fourth-order valence-corrected chi connectivity index (χ4v) is 8.30. The van der Waals surface area contributed by atoms with Crippen molar-refractivity contribution in [2.24, 2.45) is 0 Å². The van der Waals surface area contributed by atoms with Gasteiger partial charge in [0, 0.05) is 16.3 Å². The van der Waals surface area contributed by atoms with Gasteiger partial charge < -0.3 is 0 Å². The quantitative estimate of drug-likeness (QED) is 0.180. The van der Waals surface area contributed by atoms with E-state index in [-0.39, 0.29) is 0 Å². The van der Waals surface area contributed by atoms with Gasteiger partial charge in [-0.3, -0.25) is 0 Å². The van der Waals surface area contributed by atoms with Crippen LogP contribution < -0.4 is 0 Å². The van der Waals surface area contributed by atoms with Gasteiger partial charge >= 0.3 is 0 Å². The zero-order valence-corrected chi connectivity index (χ0v) is 27.1. The average Bonchev–Trinajstić information content (AvgIpc) is 3.19. The summed E-state index contributed by atoms with van der Waals surface area (Å²) in [5.41, 5.74) is 10.1. The van der Waals surface area contributed by atoms with Crippen molar-refractivity contribution in [1.29, 1.82) is 0 Å². The second-order valence-corrected chi connectivity index (χ2v) is 13.3. The summed E-state index contributed by atoms with van der Waals surface area (Å²) in [6, 6.07) is 61.4. The SMILES string of the molecule is c1ccc(-c2cc(-c3ccccc3)c3ccc4nc(-c5cccc(-c6ccc7ccc8cccc9ccc6c7c89)c5)nc5ccc2c3c54)cc1. The summed E-state index contributed by atoms with van der Waals surface area (Å²) in [6.45, 7) is 0. The Labute approximate surface area is 288 Å². The normalized spacial score (nSPS) is 12.0. The molecule has 0 saturated carbocycles. The summed E-state index contributed by atoms with van der Waals surface area (Å²) in [5.74, 6) is 0.738. The Morgan fingerprint density at radius 2 is 0.780 bits per heavy atom. The largest absolute Gasteiger partial charge is 0.228 e. The molecule has 230 valence electrons. The number of hydrogen-bond acceptors (Lipinski definition) is 2. The Morgan fingerprint density at radius 3 is 1.44 bits per heavy atom.